The molecule has 0 aromatic heterocycles. The monoisotopic (exact) mass is 490 g/mol. The zero-order valence-corrected chi connectivity index (χ0v) is 19.6. The molecule has 3 fully saturated rings. The molecule has 0 aromatic rings. The normalized spacial score (nSPS) is 36.2. The van der Waals surface area contributed by atoms with E-state index in [9.17, 15) is 19.5 Å². The molecule has 1 spiro atoms. The summed E-state index contributed by atoms with van der Waals surface area (Å²) >= 11 is 5.31. The van der Waals surface area contributed by atoms with Gasteiger partial charge in [-0.2, -0.15) is 0 Å². The second-order valence-electron chi connectivity index (χ2n) is 8.22. The van der Waals surface area contributed by atoms with Crippen molar-refractivity contribution in [1.29, 1.82) is 0 Å². The van der Waals surface area contributed by atoms with Crippen LogP contribution in [0.5, 0.6) is 0 Å². The number of nitrogens with one attached hydrogen (secondary N) is 1. The van der Waals surface area contributed by atoms with E-state index >= 15 is 0 Å². The van der Waals surface area contributed by atoms with Crippen molar-refractivity contribution in [2.75, 3.05) is 19.8 Å². The first-order chi connectivity index (χ1) is 13.8. The van der Waals surface area contributed by atoms with Gasteiger partial charge in [0, 0.05) is 29.3 Å². The Kier molecular flexibility index (Phi) is 7.21. The van der Waals surface area contributed by atoms with Crippen LogP contribution in [0.4, 0.5) is 0 Å². The number of carbonyl (C=O) groups excluding carboxylic acids is 3. The van der Waals surface area contributed by atoms with Crippen LogP contribution >= 0.6 is 27.7 Å². The van der Waals surface area contributed by atoms with Gasteiger partial charge in [-0.1, -0.05) is 29.3 Å². The summed E-state index contributed by atoms with van der Waals surface area (Å²) in [5, 5.41) is 12.3. The maximum Gasteiger partial charge on any atom is 0.310 e. The van der Waals surface area contributed by atoms with Gasteiger partial charge in [0.25, 0.3) is 0 Å². The molecule has 0 radical (unpaired) electrons. The second kappa shape index (κ2) is 9.14. The van der Waals surface area contributed by atoms with E-state index in [-0.39, 0.29) is 47.1 Å². The molecule has 29 heavy (non-hydrogen) atoms. The summed E-state index contributed by atoms with van der Waals surface area (Å²) in [5.74, 6) is -1.77. The van der Waals surface area contributed by atoms with Crippen molar-refractivity contribution in [3.8, 4) is 0 Å². The number of hydrogen-bond acceptors (Lipinski definition) is 6. The lowest BCUT2D eigenvalue weighted by Gasteiger charge is -2.35. The van der Waals surface area contributed by atoms with Gasteiger partial charge < -0.3 is 20.1 Å². The van der Waals surface area contributed by atoms with Gasteiger partial charge in [-0.3, -0.25) is 14.4 Å². The Bertz CT molecular complexity index is 665. The zero-order chi connectivity index (χ0) is 21.3. The molecule has 3 aliphatic rings. The highest BCUT2D eigenvalue weighted by molar-refractivity contribution is 9.09. The van der Waals surface area contributed by atoms with E-state index in [4.69, 9.17) is 4.74 Å². The summed E-state index contributed by atoms with van der Waals surface area (Å²) in [6, 6.07) is -0.623. The number of nitrogens with zero attached hydrogens (tertiary/aromatic N) is 1. The van der Waals surface area contributed by atoms with Crippen molar-refractivity contribution < 1.29 is 24.2 Å². The Labute approximate surface area is 184 Å². The lowest BCUT2D eigenvalue weighted by atomic mass is 9.71. The van der Waals surface area contributed by atoms with Crippen LogP contribution in [0.15, 0.2) is 0 Å². The molecule has 2 N–H and O–H groups in total. The maximum atomic E-state index is 13.5. The molecule has 3 saturated heterocycles. The highest BCUT2D eigenvalue weighted by Crippen LogP contribution is 2.67. The highest BCUT2D eigenvalue weighted by atomic mass is 79.9. The fourth-order valence-corrected chi connectivity index (χ4v) is 8.85. The van der Waals surface area contributed by atoms with Crippen molar-refractivity contribution in [1.82, 2.24) is 10.2 Å². The van der Waals surface area contributed by atoms with Gasteiger partial charge in [-0.25, -0.2) is 0 Å². The molecule has 3 rings (SSSR count). The molecule has 2 amide bonds. The number of likely N-dealkylation sites (tertiary alicyclic amines) is 1. The molecule has 3 heterocycles. The maximum absolute atomic E-state index is 13.5. The Morgan fingerprint density at radius 1 is 1.45 bits per heavy atom. The number of aliphatic hydroxyl groups is 1. The molecule has 7 nitrogen and oxygen atoms in total. The molecular weight excluding hydrogens is 460 g/mol. The van der Waals surface area contributed by atoms with Gasteiger partial charge in [-0.05, 0) is 33.1 Å². The van der Waals surface area contributed by atoms with Crippen LogP contribution in [0.1, 0.15) is 46.5 Å². The SMILES string of the molecule is CCCC(C)NC(=O)C1N(CCCO)C(=O)[C@@H]2[C@H](C(=O)OCC)[C@H]3SC12CC3Br. The number of fused-ring (bicyclic) bond motifs is 1. The molecular formula is C20H31BrN2O5S. The molecule has 0 aliphatic carbocycles. The van der Waals surface area contributed by atoms with E-state index in [1.54, 1.807) is 23.6 Å². The summed E-state index contributed by atoms with van der Waals surface area (Å²) in [6.45, 7) is 6.31. The first-order valence-electron chi connectivity index (χ1n) is 10.5. The standard InChI is InChI=1S/C20H31BrN2O5S/c1-4-7-11(3)22-17(25)16-20-10-12(21)15(29-20)13(19(27)28-5-2)14(20)18(26)23(16)8-6-9-24/h11-16,24H,4-10H2,1-3H3,(H,22,25)/t11?,12?,13-,14-,15-,16?,20?/m0/s1. The molecule has 2 bridgehead atoms. The van der Waals surface area contributed by atoms with Gasteiger partial charge in [-0.15, -0.1) is 11.8 Å². The number of esters is 1. The van der Waals surface area contributed by atoms with E-state index in [0.717, 1.165) is 12.8 Å². The second-order valence-corrected chi connectivity index (χ2v) is 10.9. The Morgan fingerprint density at radius 2 is 2.17 bits per heavy atom. The van der Waals surface area contributed by atoms with Crippen molar-refractivity contribution in [3.63, 3.8) is 0 Å². The first-order valence-corrected chi connectivity index (χ1v) is 12.3. The highest BCUT2D eigenvalue weighted by Gasteiger charge is 2.75. The third kappa shape index (κ3) is 3.82. The van der Waals surface area contributed by atoms with Gasteiger partial charge in [0.2, 0.25) is 11.8 Å². The molecule has 9 heteroatoms. The number of aliphatic hydroxyl groups excluding tert-OH is 1. The fourth-order valence-electron chi connectivity index (χ4n) is 5.25. The van der Waals surface area contributed by atoms with Crippen LogP contribution in [0.2, 0.25) is 0 Å². The number of carbonyl (C=O) groups is 3. The quantitative estimate of drug-likeness (QED) is 0.377. The van der Waals surface area contributed by atoms with Crippen LogP contribution in [-0.2, 0) is 19.1 Å². The predicted molar refractivity (Wildman–Crippen MR) is 115 cm³/mol. The fraction of sp³-hybridized carbons (Fsp3) is 0.850. The van der Waals surface area contributed by atoms with Crippen molar-refractivity contribution in [3.05, 3.63) is 0 Å². The van der Waals surface area contributed by atoms with Crippen LogP contribution in [-0.4, -0.2) is 74.5 Å². The third-order valence-electron chi connectivity index (χ3n) is 6.26. The number of rotatable bonds is 9. The zero-order valence-electron chi connectivity index (χ0n) is 17.2. The number of halogens is 1. The Morgan fingerprint density at radius 3 is 2.79 bits per heavy atom. The molecule has 4 unspecified atom stereocenters. The minimum absolute atomic E-state index is 0.0157. The number of alkyl halides is 1. The van der Waals surface area contributed by atoms with E-state index in [1.807, 2.05) is 6.92 Å². The smallest absolute Gasteiger partial charge is 0.310 e. The predicted octanol–water partition coefficient (Wildman–Crippen LogP) is 1.70. The average molecular weight is 491 g/mol. The molecule has 7 atom stereocenters. The van der Waals surface area contributed by atoms with Gasteiger partial charge >= 0.3 is 5.97 Å². The van der Waals surface area contributed by atoms with Crippen LogP contribution < -0.4 is 5.32 Å². The molecule has 3 aliphatic heterocycles. The topological polar surface area (TPSA) is 95.9 Å². The van der Waals surface area contributed by atoms with Crippen LogP contribution in [0.3, 0.4) is 0 Å². The summed E-state index contributed by atoms with van der Waals surface area (Å²) < 4.78 is 4.66. The van der Waals surface area contributed by atoms with Crippen LogP contribution in [0.25, 0.3) is 0 Å². The Balaban J connectivity index is 1.96. The minimum Gasteiger partial charge on any atom is -0.466 e. The number of thioether (sulfide) groups is 1. The minimum atomic E-state index is -0.640. The number of ether oxygens (including phenoxy) is 1. The van der Waals surface area contributed by atoms with Crippen molar-refractivity contribution in [2.24, 2.45) is 11.8 Å². The summed E-state index contributed by atoms with van der Waals surface area (Å²) in [4.78, 5) is 41.2. The van der Waals surface area contributed by atoms with E-state index in [2.05, 4.69) is 28.2 Å². The summed E-state index contributed by atoms with van der Waals surface area (Å²) in [6.07, 6.45) is 2.88. The number of amides is 2. The van der Waals surface area contributed by atoms with Gasteiger partial charge in [0.05, 0.1) is 23.2 Å². The lowest BCUT2D eigenvalue weighted by Crippen LogP contribution is -2.55. The summed E-state index contributed by atoms with van der Waals surface area (Å²) in [5.41, 5.74) is 0. The molecule has 164 valence electrons. The van der Waals surface area contributed by atoms with Crippen LogP contribution in [0, 0.1) is 11.8 Å². The van der Waals surface area contributed by atoms with E-state index in [1.165, 1.54) is 0 Å². The largest absolute Gasteiger partial charge is 0.466 e. The lowest BCUT2D eigenvalue weighted by molar-refractivity contribution is -0.153. The van der Waals surface area contributed by atoms with E-state index < -0.39 is 22.6 Å². The van der Waals surface area contributed by atoms with Crippen molar-refractivity contribution >= 4 is 45.5 Å². The molecule has 0 saturated carbocycles. The Hall–Kier alpha value is -0.800. The van der Waals surface area contributed by atoms with Gasteiger partial charge in [0.15, 0.2) is 0 Å². The first kappa shape index (κ1) is 22.9. The average Bonchev–Trinajstić information content (AvgIpc) is 3.24. The number of hydrogen-bond donors (Lipinski definition) is 2. The van der Waals surface area contributed by atoms with E-state index in [0.29, 0.717) is 19.4 Å². The van der Waals surface area contributed by atoms with Crippen molar-refractivity contribution in [2.45, 2.75) is 73.4 Å². The van der Waals surface area contributed by atoms with Gasteiger partial charge in [0.1, 0.15) is 6.04 Å². The third-order valence-corrected chi connectivity index (χ3v) is 9.48. The molecule has 0 aromatic carbocycles. The summed E-state index contributed by atoms with van der Waals surface area (Å²) in [7, 11) is 0.